The number of nitrogens with one attached hydrogen (secondary N) is 3. The van der Waals surface area contributed by atoms with Crippen LogP contribution in [0.25, 0.3) is 6.08 Å². The van der Waals surface area contributed by atoms with Crippen molar-refractivity contribution in [1.82, 2.24) is 10.9 Å². The highest BCUT2D eigenvalue weighted by molar-refractivity contribution is 7.80. The molecule has 0 atom stereocenters. The highest BCUT2D eigenvalue weighted by Crippen LogP contribution is 2.16. The Morgan fingerprint density at radius 2 is 1.92 bits per heavy atom. The van der Waals surface area contributed by atoms with Gasteiger partial charge in [-0.15, -0.1) is 0 Å². The minimum Gasteiger partial charge on any atom is -0.401 e. The van der Waals surface area contributed by atoms with Crippen molar-refractivity contribution in [3.63, 3.8) is 0 Å². The lowest BCUT2D eigenvalue weighted by atomic mass is 10.3. The monoisotopic (exact) mass is 366 g/mol. The molecule has 0 fully saturated rings. The van der Waals surface area contributed by atoms with Crippen LogP contribution in [0.2, 0.25) is 5.02 Å². The largest absolute Gasteiger partial charge is 0.433 e. The molecule has 2 aromatic rings. The molecule has 1 heterocycles. The number of benzene rings is 1. The number of rotatable bonds is 4. The lowest BCUT2D eigenvalue weighted by Gasteiger charge is -2.10. The van der Waals surface area contributed by atoms with Crippen molar-refractivity contribution in [2.75, 3.05) is 5.32 Å². The number of amides is 1. The summed E-state index contributed by atoms with van der Waals surface area (Å²) in [4.78, 5) is 21.4. The molecule has 1 aromatic heterocycles. The summed E-state index contributed by atoms with van der Waals surface area (Å²) in [5, 5.41) is 14.1. The van der Waals surface area contributed by atoms with Gasteiger partial charge in [-0.1, -0.05) is 11.6 Å². The summed E-state index contributed by atoms with van der Waals surface area (Å²) >= 11 is 10.8. The van der Waals surface area contributed by atoms with E-state index in [1.807, 2.05) is 0 Å². The maximum absolute atomic E-state index is 11.6. The molecule has 8 nitrogen and oxygen atoms in total. The third-order valence-corrected chi connectivity index (χ3v) is 3.05. The third kappa shape index (κ3) is 5.38. The van der Waals surface area contributed by atoms with Gasteiger partial charge in [0.05, 0.1) is 6.07 Å². The Balaban J connectivity index is 1.79. The van der Waals surface area contributed by atoms with E-state index in [0.29, 0.717) is 10.7 Å². The fourth-order valence-electron chi connectivity index (χ4n) is 1.54. The molecule has 0 saturated carbocycles. The van der Waals surface area contributed by atoms with E-state index in [1.165, 1.54) is 18.2 Å². The first-order valence-electron chi connectivity index (χ1n) is 6.49. The van der Waals surface area contributed by atoms with Crippen molar-refractivity contribution < 1.29 is 14.1 Å². The number of thiocarbonyl (C=S) groups is 1. The molecule has 1 amide bonds. The molecule has 24 heavy (non-hydrogen) atoms. The number of anilines is 1. The summed E-state index contributed by atoms with van der Waals surface area (Å²) in [5.74, 6) is -0.741. The van der Waals surface area contributed by atoms with Crippen LogP contribution < -0.4 is 16.2 Å². The van der Waals surface area contributed by atoms with Gasteiger partial charge in [0.15, 0.2) is 5.11 Å². The van der Waals surface area contributed by atoms with E-state index in [2.05, 4.69) is 16.2 Å². The number of furan rings is 1. The van der Waals surface area contributed by atoms with E-state index < -0.39 is 16.7 Å². The maximum Gasteiger partial charge on any atom is 0.433 e. The van der Waals surface area contributed by atoms with E-state index in [4.69, 9.17) is 28.2 Å². The normalized spacial score (nSPS) is 10.4. The van der Waals surface area contributed by atoms with Gasteiger partial charge in [0, 0.05) is 16.8 Å². The average Bonchev–Trinajstić information content (AvgIpc) is 3.02. The van der Waals surface area contributed by atoms with Gasteiger partial charge in [-0.25, -0.2) is 0 Å². The quantitative estimate of drug-likeness (QED) is 0.330. The van der Waals surface area contributed by atoms with E-state index >= 15 is 0 Å². The number of hydrogen-bond acceptors (Lipinski definition) is 5. The standard InChI is InChI=1S/C14H11ClN4O4S/c15-9-1-3-10(4-2-9)16-14(24)18-17-12(20)7-5-11-6-8-13(23-11)19(21)22/h1-8H,(H,17,20)(H2,16,18,24)/b7-5+. The molecule has 0 saturated heterocycles. The Morgan fingerprint density at radius 3 is 2.54 bits per heavy atom. The van der Waals surface area contributed by atoms with Gasteiger partial charge in [0.25, 0.3) is 5.91 Å². The van der Waals surface area contributed by atoms with Crippen LogP contribution >= 0.6 is 23.8 Å². The van der Waals surface area contributed by atoms with E-state index in [9.17, 15) is 14.9 Å². The highest BCUT2D eigenvalue weighted by Gasteiger charge is 2.10. The number of halogens is 1. The molecule has 2 rings (SSSR count). The van der Waals surface area contributed by atoms with Crippen molar-refractivity contribution in [3.8, 4) is 0 Å². The lowest BCUT2D eigenvalue weighted by molar-refractivity contribution is -0.402. The maximum atomic E-state index is 11.6. The molecule has 124 valence electrons. The summed E-state index contributed by atoms with van der Waals surface area (Å²) in [6.45, 7) is 0. The summed E-state index contributed by atoms with van der Waals surface area (Å²) in [7, 11) is 0. The van der Waals surface area contributed by atoms with Crippen LogP contribution in [0.3, 0.4) is 0 Å². The molecule has 1 aromatic carbocycles. The van der Waals surface area contributed by atoms with Gasteiger partial charge in [0.2, 0.25) is 0 Å². The van der Waals surface area contributed by atoms with Gasteiger partial charge >= 0.3 is 5.88 Å². The van der Waals surface area contributed by atoms with Crippen molar-refractivity contribution in [2.24, 2.45) is 0 Å². The van der Waals surface area contributed by atoms with Gasteiger partial charge < -0.3 is 9.73 Å². The first-order chi connectivity index (χ1) is 11.4. The molecule has 0 aliphatic carbocycles. The molecule has 0 aliphatic rings. The van der Waals surface area contributed by atoms with Crippen molar-refractivity contribution >= 4 is 52.5 Å². The second-order valence-corrected chi connectivity index (χ2v) is 5.19. The smallest absolute Gasteiger partial charge is 0.401 e. The Labute approximate surface area is 146 Å². The Hall–Kier alpha value is -2.91. The van der Waals surface area contributed by atoms with E-state index in [-0.39, 0.29) is 10.9 Å². The van der Waals surface area contributed by atoms with E-state index in [1.54, 1.807) is 24.3 Å². The Bertz CT molecular complexity index is 788. The van der Waals surface area contributed by atoms with Crippen molar-refractivity contribution in [3.05, 3.63) is 63.4 Å². The first-order valence-corrected chi connectivity index (χ1v) is 7.27. The Kier molecular flexibility index (Phi) is 5.88. The average molecular weight is 367 g/mol. The molecule has 0 bridgehead atoms. The van der Waals surface area contributed by atoms with Crippen LogP contribution in [-0.2, 0) is 4.79 Å². The van der Waals surface area contributed by atoms with Crippen molar-refractivity contribution in [1.29, 1.82) is 0 Å². The summed E-state index contributed by atoms with van der Waals surface area (Å²) < 4.78 is 4.87. The first kappa shape index (κ1) is 17.4. The summed E-state index contributed by atoms with van der Waals surface area (Å²) in [5.41, 5.74) is 5.53. The van der Waals surface area contributed by atoms with Crippen molar-refractivity contribution in [2.45, 2.75) is 0 Å². The molecule has 0 aliphatic heterocycles. The molecular formula is C14H11ClN4O4S. The third-order valence-electron chi connectivity index (χ3n) is 2.59. The van der Waals surface area contributed by atoms with Crippen LogP contribution in [-0.4, -0.2) is 15.9 Å². The molecule has 0 spiro atoms. The van der Waals surface area contributed by atoms with Crippen LogP contribution in [0.5, 0.6) is 0 Å². The van der Waals surface area contributed by atoms with Crippen LogP contribution in [0, 0.1) is 10.1 Å². The molecule has 10 heteroatoms. The number of nitro groups is 1. The Morgan fingerprint density at radius 1 is 1.21 bits per heavy atom. The summed E-state index contributed by atoms with van der Waals surface area (Å²) in [6.07, 6.45) is 2.43. The fraction of sp³-hybridized carbons (Fsp3) is 0. The zero-order valence-electron chi connectivity index (χ0n) is 12.0. The van der Waals surface area contributed by atoms with Gasteiger partial charge in [-0.2, -0.15) is 0 Å². The fourth-order valence-corrected chi connectivity index (χ4v) is 1.84. The predicted molar refractivity (Wildman–Crippen MR) is 93.3 cm³/mol. The number of carbonyl (C=O) groups is 1. The van der Waals surface area contributed by atoms with Gasteiger partial charge in [0.1, 0.15) is 10.7 Å². The SMILES string of the molecule is O=C(/C=C/c1ccc([N+](=O)[O-])o1)NNC(=S)Nc1ccc(Cl)cc1. The number of hydrazine groups is 1. The second-order valence-electron chi connectivity index (χ2n) is 4.34. The van der Waals surface area contributed by atoms with Gasteiger partial charge in [-0.05, 0) is 48.6 Å². The highest BCUT2D eigenvalue weighted by atomic mass is 35.5. The molecule has 0 radical (unpaired) electrons. The topological polar surface area (TPSA) is 109 Å². The predicted octanol–water partition coefficient (Wildman–Crippen LogP) is 2.87. The van der Waals surface area contributed by atoms with Crippen LogP contribution in [0.15, 0.2) is 46.9 Å². The zero-order chi connectivity index (χ0) is 17.5. The molecular weight excluding hydrogens is 356 g/mol. The van der Waals surface area contributed by atoms with Gasteiger partial charge in [-0.3, -0.25) is 25.8 Å². The van der Waals surface area contributed by atoms with Crippen LogP contribution in [0.1, 0.15) is 5.76 Å². The number of hydrogen-bond donors (Lipinski definition) is 3. The zero-order valence-corrected chi connectivity index (χ0v) is 13.6. The summed E-state index contributed by atoms with van der Waals surface area (Å²) in [6, 6.07) is 9.40. The van der Waals surface area contributed by atoms with Crippen LogP contribution in [0.4, 0.5) is 11.6 Å². The second kappa shape index (κ2) is 8.09. The number of nitrogens with zero attached hydrogens (tertiary/aromatic N) is 1. The molecule has 3 N–H and O–H groups in total. The number of carbonyl (C=O) groups excluding carboxylic acids is 1. The minimum atomic E-state index is -0.667. The lowest BCUT2D eigenvalue weighted by Crippen LogP contribution is -2.43. The van der Waals surface area contributed by atoms with E-state index in [0.717, 1.165) is 6.08 Å². The minimum absolute atomic E-state index is 0.174. The molecule has 0 unspecified atom stereocenters.